The van der Waals surface area contributed by atoms with Gasteiger partial charge in [-0.1, -0.05) is 11.6 Å². The van der Waals surface area contributed by atoms with Crippen molar-refractivity contribution >= 4 is 50.0 Å². The van der Waals surface area contributed by atoms with Crippen LogP contribution in [0.4, 0.5) is 10.1 Å². The van der Waals surface area contributed by atoms with Crippen molar-refractivity contribution in [3.63, 3.8) is 0 Å². The number of carbonyl (C=O) groups excluding carboxylic acids is 1. The van der Waals surface area contributed by atoms with Crippen LogP contribution in [0.3, 0.4) is 0 Å². The number of nitro groups is 1. The number of hydrogen-bond donors (Lipinski definition) is 1. The SMILES string of the molecule is Cn1cnc2cc(C(=O)Nc3ncc([N+](=O)[O-])s3)c(Cl)cc21. The number of aromatic nitrogens is 3. The highest BCUT2D eigenvalue weighted by Gasteiger charge is 2.17. The van der Waals surface area contributed by atoms with E-state index in [0.717, 1.165) is 23.1 Å². The Morgan fingerprint density at radius 3 is 2.91 bits per heavy atom. The Balaban J connectivity index is 1.91. The first kappa shape index (κ1) is 14.4. The minimum atomic E-state index is -0.569. The summed E-state index contributed by atoms with van der Waals surface area (Å²) in [7, 11) is 1.82. The van der Waals surface area contributed by atoms with Crippen molar-refractivity contribution in [2.45, 2.75) is 0 Å². The third kappa shape index (κ3) is 2.51. The summed E-state index contributed by atoms with van der Waals surface area (Å²) in [5, 5.41) is 13.3. The van der Waals surface area contributed by atoms with Gasteiger partial charge in [0, 0.05) is 7.05 Å². The summed E-state index contributed by atoms with van der Waals surface area (Å²) in [6.07, 6.45) is 2.71. The van der Waals surface area contributed by atoms with Crippen LogP contribution in [0.25, 0.3) is 11.0 Å². The van der Waals surface area contributed by atoms with E-state index in [1.165, 1.54) is 0 Å². The number of carbonyl (C=O) groups is 1. The molecule has 2 aromatic heterocycles. The molecule has 3 aromatic rings. The molecule has 0 unspecified atom stereocenters. The van der Waals surface area contributed by atoms with Gasteiger partial charge in [0.1, 0.15) is 6.20 Å². The molecule has 0 saturated carbocycles. The van der Waals surface area contributed by atoms with Gasteiger partial charge in [-0.05, 0) is 23.5 Å². The van der Waals surface area contributed by atoms with E-state index >= 15 is 0 Å². The second-order valence-corrected chi connectivity index (χ2v) is 5.81. The van der Waals surface area contributed by atoms with E-state index in [4.69, 9.17) is 11.6 Å². The van der Waals surface area contributed by atoms with Crippen LogP contribution in [-0.2, 0) is 7.05 Å². The zero-order chi connectivity index (χ0) is 15.9. The number of fused-ring (bicyclic) bond motifs is 1. The van der Waals surface area contributed by atoms with Crippen LogP contribution in [0, 0.1) is 10.1 Å². The molecule has 1 N–H and O–H groups in total. The van der Waals surface area contributed by atoms with Crippen molar-refractivity contribution in [1.82, 2.24) is 14.5 Å². The number of aryl methyl sites for hydroxylation is 1. The third-order valence-corrected chi connectivity index (χ3v) is 4.13. The molecule has 112 valence electrons. The summed E-state index contributed by atoms with van der Waals surface area (Å²) in [4.78, 5) is 30.2. The van der Waals surface area contributed by atoms with Gasteiger partial charge in [-0.15, -0.1) is 0 Å². The zero-order valence-corrected chi connectivity index (χ0v) is 12.7. The lowest BCUT2D eigenvalue weighted by atomic mass is 10.2. The number of anilines is 1. The average molecular weight is 338 g/mol. The van der Waals surface area contributed by atoms with Gasteiger partial charge in [-0.3, -0.25) is 20.2 Å². The maximum atomic E-state index is 12.2. The molecule has 0 saturated heterocycles. The molecule has 22 heavy (non-hydrogen) atoms. The summed E-state index contributed by atoms with van der Waals surface area (Å²) in [5.41, 5.74) is 1.65. The Bertz CT molecular complexity index is 903. The van der Waals surface area contributed by atoms with Crippen molar-refractivity contribution in [2.24, 2.45) is 7.05 Å². The largest absolute Gasteiger partial charge is 0.345 e. The van der Waals surface area contributed by atoms with Crippen LogP contribution >= 0.6 is 22.9 Å². The van der Waals surface area contributed by atoms with Gasteiger partial charge in [0.05, 0.1) is 32.9 Å². The van der Waals surface area contributed by atoms with E-state index in [0.29, 0.717) is 5.52 Å². The highest BCUT2D eigenvalue weighted by molar-refractivity contribution is 7.18. The van der Waals surface area contributed by atoms with E-state index in [1.807, 2.05) is 7.05 Å². The summed E-state index contributed by atoms with van der Waals surface area (Å²) in [5.74, 6) is -0.498. The van der Waals surface area contributed by atoms with Crippen molar-refractivity contribution in [3.8, 4) is 0 Å². The highest BCUT2D eigenvalue weighted by atomic mass is 35.5. The molecule has 10 heteroatoms. The second-order valence-electron chi connectivity index (χ2n) is 4.39. The Morgan fingerprint density at radius 2 is 2.23 bits per heavy atom. The molecule has 3 rings (SSSR count). The predicted molar refractivity (Wildman–Crippen MR) is 82.4 cm³/mol. The van der Waals surface area contributed by atoms with Gasteiger partial charge < -0.3 is 4.57 Å². The van der Waals surface area contributed by atoms with E-state index in [-0.39, 0.29) is 20.7 Å². The van der Waals surface area contributed by atoms with Gasteiger partial charge in [0.15, 0.2) is 5.13 Å². The molecule has 0 radical (unpaired) electrons. The van der Waals surface area contributed by atoms with Crippen LogP contribution in [0.1, 0.15) is 10.4 Å². The lowest BCUT2D eigenvalue weighted by Crippen LogP contribution is -2.12. The minimum Gasteiger partial charge on any atom is -0.334 e. The van der Waals surface area contributed by atoms with Gasteiger partial charge in [-0.25, -0.2) is 9.97 Å². The quantitative estimate of drug-likeness (QED) is 0.584. The van der Waals surface area contributed by atoms with Crippen LogP contribution < -0.4 is 5.32 Å². The number of nitrogens with zero attached hydrogens (tertiary/aromatic N) is 4. The average Bonchev–Trinajstić information content (AvgIpc) is 3.06. The first-order chi connectivity index (χ1) is 10.5. The van der Waals surface area contributed by atoms with Crippen molar-refractivity contribution in [3.05, 3.63) is 45.4 Å². The normalized spacial score (nSPS) is 10.8. The Kier molecular flexibility index (Phi) is 3.51. The minimum absolute atomic E-state index is 0.133. The summed E-state index contributed by atoms with van der Waals surface area (Å²) >= 11 is 6.89. The molecule has 8 nitrogen and oxygen atoms in total. The Hall–Kier alpha value is -2.52. The molecule has 0 aliphatic rings. The predicted octanol–water partition coefficient (Wildman–Crippen LogP) is 2.84. The van der Waals surface area contributed by atoms with Crippen LogP contribution in [0.15, 0.2) is 24.7 Å². The first-order valence-electron chi connectivity index (χ1n) is 5.98. The van der Waals surface area contributed by atoms with Gasteiger partial charge in [-0.2, -0.15) is 0 Å². The molecule has 2 heterocycles. The van der Waals surface area contributed by atoms with Crippen molar-refractivity contribution in [2.75, 3.05) is 5.32 Å². The Morgan fingerprint density at radius 1 is 1.45 bits per heavy atom. The molecule has 0 aliphatic carbocycles. The molecule has 0 atom stereocenters. The lowest BCUT2D eigenvalue weighted by Gasteiger charge is -2.04. The monoisotopic (exact) mass is 337 g/mol. The maximum absolute atomic E-state index is 12.2. The number of hydrogen-bond acceptors (Lipinski definition) is 6. The number of imidazole rings is 1. The van der Waals surface area contributed by atoms with Crippen molar-refractivity contribution < 1.29 is 9.72 Å². The summed E-state index contributed by atoms with van der Waals surface area (Å²) < 4.78 is 1.78. The number of nitrogens with one attached hydrogen (secondary N) is 1. The third-order valence-electron chi connectivity index (χ3n) is 2.95. The fraction of sp³-hybridized carbons (Fsp3) is 0.0833. The molecule has 0 fully saturated rings. The molecular formula is C12H8ClN5O3S. The van der Waals surface area contributed by atoms with E-state index in [1.54, 1.807) is 23.0 Å². The number of amides is 1. The molecule has 0 bridgehead atoms. The molecule has 0 aliphatic heterocycles. The maximum Gasteiger partial charge on any atom is 0.345 e. The van der Waals surface area contributed by atoms with Crippen LogP contribution in [0.5, 0.6) is 0 Å². The van der Waals surface area contributed by atoms with Crippen LogP contribution in [-0.4, -0.2) is 25.4 Å². The van der Waals surface area contributed by atoms with E-state index in [2.05, 4.69) is 15.3 Å². The van der Waals surface area contributed by atoms with E-state index in [9.17, 15) is 14.9 Å². The number of thiazole rings is 1. The first-order valence-corrected chi connectivity index (χ1v) is 7.17. The number of rotatable bonds is 3. The fourth-order valence-electron chi connectivity index (χ4n) is 1.89. The van der Waals surface area contributed by atoms with Gasteiger partial charge in [0.25, 0.3) is 5.91 Å². The molecule has 0 spiro atoms. The molecule has 1 amide bonds. The zero-order valence-electron chi connectivity index (χ0n) is 11.1. The summed E-state index contributed by atoms with van der Waals surface area (Å²) in [6, 6.07) is 3.21. The number of halogens is 1. The molecule has 1 aromatic carbocycles. The van der Waals surface area contributed by atoms with Gasteiger partial charge in [0.2, 0.25) is 0 Å². The standard InChI is InChI=1S/C12H8ClN5O3S/c1-17-5-15-8-2-6(7(13)3-9(8)17)11(19)16-12-14-4-10(22-12)18(20)21/h2-5H,1H3,(H,14,16,19). The fourth-order valence-corrected chi connectivity index (χ4v) is 2.77. The van der Waals surface area contributed by atoms with E-state index < -0.39 is 10.8 Å². The number of benzene rings is 1. The Labute approximate surface area is 132 Å². The highest BCUT2D eigenvalue weighted by Crippen LogP contribution is 2.27. The smallest absolute Gasteiger partial charge is 0.334 e. The van der Waals surface area contributed by atoms with Crippen molar-refractivity contribution in [1.29, 1.82) is 0 Å². The topological polar surface area (TPSA) is 103 Å². The molecular weight excluding hydrogens is 330 g/mol. The summed E-state index contributed by atoms with van der Waals surface area (Å²) in [6.45, 7) is 0. The van der Waals surface area contributed by atoms with Gasteiger partial charge >= 0.3 is 5.00 Å². The van der Waals surface area contributed by atoms with Crippen LogP contribution in [0.2, 0.25) is 5.02 Å². The second kappa shape index (κ2) is 5.35. The lowest BCUT2D eigenvalue weighted by molar-refractivity contribution is -0.380.